The highest BCUT2D eigenvalue weighted by molar-refractivity contribution is 6.11. The Morgan fingerprint density at radius 2 is 2.21 bits per heavy atom. The van der Waals surface area contributed by atoms with Gasteiger partial charge in [-0.25, -0.2) is 0 Å². The molecule has 0 unspecified atom stereocenters. The van der Waals surface area contributed by atoms with E-state index in [0.29, 0.717) is 12.4 Å². The lowest BCUT2D eigenvalue weighted by atomic mass is 10.1. The summed E-state index contributed by atoms with van der Waals surface area (Å²) < 4.78 is 6.88. The van der Waals surface area contributed by atoms with E-state index >= 15 is 0 Å². The largest absolute Gasteiger partial charge is 0.383 e. The van der Waals surface area contributed by atoms with E-state index in [-0.39, 0.29) is 0 Å². The summed E-state index contributed by atoms with van der Waals surface area (Å²) in [5, 5.41) is 12.5. The summed E-state index contributed by atoms with van der Waals surface area (Å²) in [6, 6.07) is 8.04. The van der Waals surface area contributed by atoms with Gasteiger partial charge in [0, 0.05) is 18.9 Å². The van der Waals surface area contributed by atoms with Crippen LogP contribution in [0.1, 0.15) is 11.1 Å². The van der Waals surface area contributed by atoms with E-state index in [1.165, 1.54) is 5.56 Å². The molecule has 1 aromatic carbocycles. The van der Waals surface area contributed by atoms with Crippen molar-refractivity contribution in [2.24, 2.45) is 0 Å². The Labute approximate surface area is 111 Å². The Morgan fingerprint density at radius 3 is 3.00 bits per heavy atom. The number of nitrogens with one attached hydrogen (secondary N) is 1. The van der Waals surface area contributed by atoms with Gasteiger partial charge in [0.25, 0.3) is 0 Å². The lowest BCUT2D eigenvalue weighted by Crippen LogP contribution is -2.22. The van der Waals surface area contributed by atoms with Gasteiger partial charge in [0.1, 0.15) is 5.84 Å². The van der Waals surface area contributed by atoms with Gasteiger partial charge < -0.3 is 9.64 Å². The maximum atomic E-state index is 8.24. The van der Waals surface area contributed by atoms with Gasteiger partial charge in [-0.2, -0.15) is 5.10 Å². The number of nitrogens with zero attached hydrogens (tertiary/aromatic N) is 3. The molecule has 5 heteroatoms. The van der Waals surface area contributed by atoms with Crippen molar-refractivity contribution in [2.45, 2.75) is 13.1 Å². The van der Waals surface area contributed by atoms with Crippen molar-refractivity contribution in [1.29, 1.82) is 5.41 Å². The molecular weight excluding hydrogens is 240 g/mol. The van der Waals surface area contributed by atoms with Gasteiger partial charge in [-0.3, -0.25) is 10.1 Å². The molecule has 5 nitrogen and oxygen atoms in total. The van der Waals surface area contributed by atoms with Crippen LogP contribution in [0.3, 0.4) is 0 Å². The highest BCUT2D eigenvalue weighted by atomic mass is 16.5. The fourth-order valence-corrected chi connectivity index (χ4v) is 2.30. The van der Waals surface area contributed by atoms with Crippen LogP contribution in [0.2, 0.25) is 0 Å². The second-order valence-electron chi connectivity index (χ2n) is 4.55. The number of aromatic nitrogens is 2. The van der Waals surface area contributed by atoms with Crippen LogP contribution in [0.5, 0.6) is 0 Å². The van der Waals surface area contributed by atoms with Crippen molar-refractivity contribution < 1.29 is 4.74 Å². The van der Waals surface area contributed by atoms with Gasteiger partial charge in [0.05, 0.1) is 31.6 Å². The normalized spacial score (nSPS) is 13.9. The van der Waals surface area contributed by atoms with Crippen LogP contribution in [0, 0.1) is 5.41 Å². The number of hydrogen-bond donors (Lipinski definition) is 1. The highest BCUT2D eigenvalue weighted by Crippen LogP contribution is 2.27. The molecule has 0 atom stereocenters. The zero-order chi connectivity index (χ0) is 13.2. The van der Waals surface area contributed by atoms with Crippen molar-refractivity contribution in [3.63, 3.8) is 0 Å². The van der Waals surface area contributed by atoms with Gasteiger partial charge in [0.2, 0.25) is 0 Å². The Balaban J connectivity index is 1.81. The van der Waals surface area contributed by atoms with Crippen LogP contribution in [-0.2, 0) is 17.8 Å². The third-order valence-electron chi connectivity index (χ3n) is 3.33. The minimum absolute atomic E-state index is 0.543. The third kappa shape index (κ3) is 2.13. The van der Waals surface area contributed by atoms with E-state index in [2.05, 4.69) is 11.2 Å². The molecule has 0 spiro atoms. The molecule has 98 valence electrons. The Kier molecular flexibility index (Phi) is 3.05. The van der Waals surface area contributed by atoms with Crippen LogP contribution in [0.4, 0.5) is 5.69 Å². The molecule has 1 aromatic heterocycles. The number of hydrogen-bond acceptors (Lipinski definition) is 3. The summed E-state index contributed by atoms with van der Waals surface area (Å²) in [6.07, 6.45) is 3.76. The van der Waals surface area contributed by atoms with Crippen molar-refractivity contribution in [1.82, 2.24) is 9.78 Å². The Bertz CT molecular complexity index is 605. The molecule has 0 saturated carbocycles. The summed E-state index contributed by atoms with van der Waals surface area (Å²) in [5.74, 6) is 0.543. The SMILES string of the molecule is COCCn1cc(N2Cc3ccccc3C2=N)cn1. The second-order valence-corrected chi connectivity index (χ2v) is 4.55. The average Bonchev–Trinajstić information content (AvgIpc) is 3.02. The maximum absolute atomic E-state index is 8.24. The molecule has 0 amide bonds. The summed E-state index contributed by atoms with van der Waals surface area (Å²) in [5.41, 5.74) is 3.15. The molecule has 1 N–H and O–H groups in total. The number of fused-ring (bicyclic) bond motifs is 1. The van der Waals surface area contributed by atoms with Crippen molar-refractivity contribution in [3.8, 4) is 0 Å². The van der Waals surface area contributed by atoms with E-state index in [9.17, 15) is 0 Å². The van der Waals surface area contributed by atoms with E-state index in [0.717, 1.165) is 24.3 Å². The molecule has 0 aliphatic carbocycles. The standard InChI is InChI=1S/C14H16N4O/c1-19-7-6-17-10-12(8-16-17)18-9-11-4-2-3-5-13(11)14(18)15/h2-5,8,10,15H,6-7,9H2,1H3. The molecule has 2 aromatic rings. The number of methoxy groups -OCH3 is 1. The van der Waals surface area contributed by atoms with Gasteiger partial charge >= 0.3 is 0 Å². The molecule has 1 aliphatic rings. The first-order chi connectivity index (χ1) is 9.29. The Morgan fingerprint density at radius 1 is 1.37 bits per heavy atom. The van der Waals surface area contributed by atoms with E-state index < -0.39 is 0 Å². The molecule has 1 aliphatic heterocycles. The molecule has 0 radical (unpaired) electrons. The number of amidine groups is 1. The average molecular weight is 256 g/mol. The van der Waals surface area contributed by atoms with Gasteiger partial charge in [-0.15, -0.1) is 0 Å². The van der Waals surface area contributed by atoms with Crippen molar-refractivity contribution >= 4 is 11.5 Å². The summed E-state index contributed by atoms with van der Waals surface area (Å²) in [6.45, 7) is 2.11. The van der Waals surface area contributed by atoms with Crippen molar-refractivity contribution in [3.05, 3.63) is 47.8 Å². The molecule has 0 bridgehead atoms. The lowest BCUT2D eigenvalue weighted by Gasteiger charge is -2.14. The topological polar surface area (TPSA) is 54.1 Å². The van der Waals surface area contributed by atoms with Crippen LogP contribution >= 0.6 is 0 Å². The van der Waals surface area contributed by atoms with Crippen molar-refractivity contribution in [2.75, 3.05) is 18.6 Å². The lowest BCUT2D eigenvalue weighted by molar-refractivity contribution is 0.183. The number of ether oxygens (including phenoxy) is 1. The van der Waals surface area contributed by atoms with Gasteiger partial charge in [0.15, 0.2) is 0 Å². The number of rotatable bonds is 4. The molecule has 2 heterocycles. The minimum atomic E-state index is 0.543. The third-order valence-corrected chi connectivity index (χ3v) is 3.33. The maximum Gasteiger partial charge on any atom is 0.133 e. The summed E-state index contributed by atoms with van der Waals surface area (Å²) in [7, 11) is 1.68. The van der Waals surface area contributed by atoms with Crippen LogP contribution in [0.25, 0.3) is 0 Å². The molecule has 0 saturated heterocycles. The summed E-state index contributed by atoms with van der Waals surface area (Å²) >= 11 is 0. The predicted octanol–water partition coefficient (Wildman–Crippen LogP) is 1.88. The minimum Gasteiger partial charge on any atom is -0.383 e. The first-order valence-corrected chi connectivity index (χ1v) is 6.25. The number of benzene rings is 1. The monoisotopic (exact) mass is 256 g/mol. The van der Waals surface area contributed by atoms with E-state index in [4.69, 9.17) is 10.1 Å². The molecule has 3 rings (SSSR count). The van der Waals surface area contributed by atoms with Crippen LogP contribution in [0.15, 0.2) is 36.7 Å². The quantitative estimate of drug-likeness (QED) is 0.908. The fourth-order valence-electron chi connectivity index (χ4n) is 2.30. The second kappa shape index (κ2) is 4.85. The molecule has 0 fully saturated rings. The first kappa shape index (κ1) is 11.9. The van der Waals surface area contributed by atoms with E-state index in [1.807, 2.05) is 34.0 Å². The van der Waals surface area contributed by atoms with E-state index in [1.54, 1.807) is 13.3 Å². The fraction of sp³-hybridized carbons (Fsp3) is 0.286. The summed E-state index contributed by atoms with van der Waals surface area (Å²) in [4.78, 5) is 1.97. The zero-order valence-electron chi connectivity index (χ0n) is 10.8. The first-order valence-electron chi connectivity index (χ1n) is 6.25. The van der Waals surface area contributed by atoms with Gasteiger partial charge in [-0.1, -0.05) is 24.3 Å². The van der Waals surface area contributed by atoms with Crippen LogP contribution in [-0.4, -0.2) is 29.3 Å². The zero-order valence-corrected chi connectivity index (χ0v) is 10.8. The smallest absolute Gasteiger partial charge is 0.133 e. The highest BCUT2D eigenvalue weighted by Gasteiger charge is 2.25. The van der Waals surface area contributed by atoms with Crippen LogP contribution < -0.4 is 4.90 Å². The number of anilines is 1. The van der Waals surface area contributed by atoms with Gasteiger partial charge in [-0.05, 0) is 5.56 Å². The Hall–Kier alpha value is -2.14. The molecular formula is C14H16N4O. The predicted molar refractivity (Wildman–Crippen MR) is 73.6 cm³/mol. The molecule has 19 heavy (non-hydrogen) atoms.